The zero-order valence-electron chi connectivity index (χ0n) is 11.7. The second kappa shape index (κ2) is 7.14. The summed E-state index contributed by atoms with van der Waals surface area (Å²) in [6.45, 7) is 2.52. The molecule has 0 bridgehead atoms. The molecule has 106 valence electrons. The summed E-state index contributed by atoms with van der Waals surface area (Å²) in [5, 5.41) is 2.97. The van der Waals surface area contributed by atoms with E-state index in [-0.39, 0.29) is 11.8 Å². The van der Waals surface area contributed by atoms with Gasteiger partial charge in [-0.25, -0.2) is 4.98 Å². The van der Waals surface area contributed by atoms with E-state index in [0.29, 0.717) is 6.54 Å². The maximum absolute atomic E-state index is 11.8. The van der Waals surface area contributed by atoms with Crippen LogP contribution in [0, 0.1) is 5.92 Å². The van der Waals surface area contributed by atoms with Crippen molar-refractivity contribution in [2.24, 2.45) is 5.92 Å². The minimum atomic E-state index is 0.0502. The molecule has 0 aliphatic heterocycles. The molecule has 1 unspecified atom stereocenters. The zero-order chi connectivity index (χ0) is 14.4. The van der Waals surface area contributed by atoms with Crippen LogP contribution >= 0.6 is 11.8 Å². The number of hydrogen-bond donors (Lipinski definition) is 2. The van der Waals surface area contributed by atoms with Gasteiger partial charge in [0.1, 0.15) is 0 Å². The third-order valence-corrected chi connectivity index (χ3v) is 3.93. The van der Waals surface area contributed by atoms with E-state index in [1.165, 1.54) is 0 Å². The fraction of sp³-hybridized carbons (Fsp3) is 0.333. The van der Waals surface area contributed by atoms with Crippen molar-refractivity contribution in [1.82, 2.24) is 15.3 Å². The first-order valence-corrected chi connectivity index (χ1v) is 7.94. The van der Waals surface area contributed by atoms with Gasteiger partial charge in [-0.3, -0.25) is 4.79 Å². The van der Waals surface area contributed by atoms with Crippen LogP contribution in [-0.4, -0.2) is 27.9 Å². The summed E-state index contributed by atoms with van der Waals surface area (Å²) in [4.78, 5) is 18.9. The van der Waals surface area contributed by atoms with Crippen molar-refractivity contribution < 1.29 is 4.79 Å². The predicted molar refractivity (Wildman–Crippen MR) is 83.4 cm³/mol. The highest BCUT2D eigenvalue weighted by Crippen LogP contribution is 2.16. The molecule has 0 saturated heterocycles. The third kappa shape index (κ3) is 3.87. The highest BCUT2D eigenvalue weighted by atomic mass is 32.2. The van der Waals surface area contributed by atoms with E-state index in [2.05, 4.69) is 15.3 Å². The highest BCUT2D eigenvalue weighted by molar-refractivity contribution is 7.98. The first-order chi connectivity index (χ1) is 9.70. The molecular weight excluding hydrogens is 270 g/mol. The van der Waals surface area contributed by atoms with Gasteiger partial charge < -0.3 is 10.3 Å². The Morgan fingerprint density at radius 1 is 1.40 bits per heavy atom. The summed E-state index contributed by atoms with van der Waals surface area (Å²) in [5.41, 5.74) is 3.18. The van der Waals surface area contributed by atoms with E-state index in [1.807, 2.05) is 37.4 Å². The van der Waals surface area contributed by atoms with Crippen LogP contribution in [0.2, 0.25) is 0 Å². The molecule has 2 aromatic rings. The molecule has 2 rings (SSSR count). The van der Waals surface area contributed by atoms with Gasteiger partial charge in [0.25, 0.3) is 0 Å². The first kappa shape index (κ1) is 14.7. The van der Waals surface area contributed by atoms with Crippen molar-refractivity contribution in [3.63, 3.8) is 0 Å². The average molecular weight is 289 g/mol. The van der Waals surface area contributed by atoms with E-state index < -0.39 is 0 Å². The molecule has 0 saturated carbocycles. The number of amides is 1. The molecule has 5 heteroatoms. The number of hydrogen-bond acceptors (Lipinski definition) is 3. The lowest BCUT2D eigenvalue weighted by Gasteiger charge is -2.11. The summed E-state index contributed by atoms with van der Waals surface area (Å²) in [5.74, 6) is 1.01. The van der Waals surface area contributed by atoms with Crippen LogP contribution in [0.1, 0.15) is 12.5 Å². The number of rotatable bonds is 6. The lowest BCUT2D eigenvalue weighted by Crippen LogP contribution is -2.29. The SMILES string of the molecule is CSCC(C)C(=O)NCc1ccc(-c2cnc[nH]2)cc1. The number of nitrogens with one attached hydrogen (secondary N) is 2. The number of carbonyl (C=O) groups excluding carboxylic acids is 1. The fourth-order valence-corrected chi connectivity index (χ4v) is 2.56. The lowest BCUT2D eigenvalue weighted by molar-refractivity contribution is -0.124. The molecule has 0 fully saturated rings. The molecule has 2 N–H and O–H groups in total. The topological polar surface area (TPSA) is 57.8 Å². The Bertz CT molecular complexity index is 537. The standard InChI is InChI=1S/C15H19N3OS/c1-11(9-20-2)15(19)17-7-12-3-5-13(6-4-12)14-8-16-10-18-14/h3-6,8,10-11H,7,9H2,1-2H3,(H,16,18)(H,17,19). The predicted octanol–water partition coefficient (Wildman–Crippen LogP) is 2.69. The van der Waals surface area contributed by atoms with Crippen LogP contribution in [0.15, 0.2) is 36.8 Å². The van der Waals surface area contributed by atoms with Gasteiger partial charge in [-0.1, -0.05) is 31.2 Å². The van der Waals surface area contributed by atoms with E-state index in [4.69, 9.17) is 0 Å². The average Bonchev–Trinajstić information content (AvgIpc) is 2.99. The Morgan fingerprint density at radius 3 is 2.75 bits per heavy atom. The molecule has 0 radical (unpaired) electrons. The van der Waals surface area contributed by atoms with Crippen LogP contribution < -0.4 is 5.32 Å². The molecule has 1 aromatic heterocycles. The summed E-state index contributed by atoms with van der Waals surface area (Å²) in [6.07, 6.45) is 5.47. The molecule has 20 heavy (non-hydrogen) atoms. The van der Waals surface area contributed by atoms with E-state index >= 15 is 0 Å². The second-order valence-corrected chi connectivity index (χ2v) is 5.65. The number of benzene rings is 1. The Balaban J connectivity index is 1.90. The van der Waals surface area contributed by atoms with Gasteiger partial charge >= 0.3 is 0 Å². The molecule has 4 nitrogen and oxygen atoms in total. The maximum atomic E-state index is 11.8. The van der Waals surface area contributed by atoms with Crippen LogP contribution in [-0.2, 0) is 11.3 Å². The van der Waals surface area contributed by atoms with Gasteiger partial charge in [-0.05, 0) is 17.4 Å². The van der Waals surface area contributed by atoms with E-state index in [0.717, 1.165) is 22.6 Å². The van der Waals surface area contributed by atoms with Crippen LogP contribution in [0.5, 0.6) is 0 Å². The van der Waals surface area contributed by atoms with Crippen molar-refractivity contribution in [2.45, 2.75) is 13.5 Å². The van der Waals surface area contributed by atoms with Gasteiger partial charge in [0.05, 0.1) is 18.2 Å². The molecule has 0 spiro atoms. The normalized spacial score (nSPS) is 12.1. The molecule has 1 aromatic carbocycles. The van der Waals surface area contributed by atoms with Crippen molar-refractivity contribution >= 4 is 17.7 Å². The molecule has 1 atom stereocenters. The van der Waals surface area contributed by atoms with Crippen molar-refractivity contribution in [1.29, 1.82) is 0 Å². The smallest absolute Gasteiger partial charge is 0.223 e. The largest absolute Gasteiger partial charge is 0.352 e. The van der Waals surface area contributed by atoms with Crippen LogP contribution in [0.3, 0.4) is 0 Å². The number of aromatic amines is 1. The molecule has 0 aliphatic rings. The molecular formula is C15H19N3OS. The van der Waals surface area contributed by atoms with Gasteiger partial charge in [0.2, 0.25) is 5.91 Å². The Morgan fingerprint density at radius 2 is 2.15 bits per heavy atom. The van der Waals surface area contributed by atoms with Gasteiger partial charge in [-0.15, -0.1) is 0 Å². The number of thioether (sulfide) groups is 1. The highest BCUT2D eigenvalue weighted by Gasteiger charge is 2.11. The monoisotopic (exact) mass is 289 g/mol. The number of nitrogens with zero attached hydrogens (tertiary/aromatic N) is 1. The number of imidazole rings is 1. The minimum absolute atomic E-state index is 0.0502. The maximum Gasteiger partial charge on any atom is 0.223 e. The second-order valence-electron chi connectivity index (χ2n) is 4.74. The lowest BCUT2D eigenvalue weighted by atomic mass is 10.1. The fourth-order valence-electron chi connectivity index (χ4n) is 1.91. The van der Waals surface area contributed by atoms with Crippen molar-refractivity contribution in [3.8, 4) is 11.3 Å². The Kier molecular flexibility index (Phi) is 5.24. The molecule has 1 amide bonds. The molecule has 1 heterocycles. The summed E-state index contributed by atoms with van der Waals surface area (Å²) < 4.78 is 0. The van der Waals surface area contributed by atoms with Crippen LogP contribution in [0.25, 0.3) is 11.3 Å². The van der Waals surface area contributed by atoms with Crippen molar-refractivity contribution in [2.75, 3.05) is 12.0 Å². The van der Waals surface area contributed by atoms with Gasteiger partial charge in [-0.2, -0.15) is 11.8 Å². The zero-order valence-corrected chi connectivity index (χ0v) is 12.5. The van der Waals surface area contributed by atoms with Crippen LogP contribution in [0.4, 0.5) is 0 Å². The van der Waals surface area contributed by atoms with E-state index in [1.54, 1.807) is 24.3 Å². The third-order valence-electron chi connectivity index (χ3n) is 3.09. The quantitative estimate of drug-likeness (QED) is 0.859. The van der Waals surface area contributed by atoms with Gasteiger partial charge in [0, 0.05) is 18.2 Å². The number of carbonyl (C=O) groups is 1. The van der Waals surface area contributed by atoms with Crippen molar-refractivity contribution in [3.05, 3.63) is 42.4 Å². The molecule has 0 aliphatic carbocycles. The van der Waals surface area contributed by atoms with Gasteiger partial charge in [0.15, 0.2) is 0 Å². The Hall–Kier alpha value is -1.75. The number of aromatic nitrogens is 2. The number of H-pyrrole nitrogens is 1. The summed E-state index contributed by atoms with van der Waals surface area (Å²) in [7, 11) is 0. The van der Waals surface area contributed by atoms with E-state index in [9.17, 15) is 4.79 Å². The first-order valence-electron chi connectivity index (χ1n) is 6.55. The summed E-state index contributed by atoms with van der Waals surface area (Å²) >= 11 is 1.69. The Labute approximate surface area is 123 Å². The minimum Gasteiger partial charge on any atom is -0.352 e. The summed E-state index contributed by atoms with van der Waals surface area (Å²) in [6, 6.07) is 8.10.